The Hall–Kier alpha value is -2.64. The molecule has 19 heavy (non-hydrogen) atoms. The summed E-state index contributed by atoms with van der Waals surface area (Å²) >= 11 is 0. The molecule has 0 aliphatic heterocycles. The van der Waals surface area contributed by atoms with Crippen LogP contribution in [0, 0.1) is 0 Å². The molecule has 0 saturated heterocycles. The molecule has 0 spiro atoms. The van der Waals surface area contributed by atoms with E-state index in [-0.39, 0.29) is 19.1 Å². The quantitative estimate of drug-likeness (QED) is 0.405. The molecule has 1 aromatic heterocycles. The fourth-order valence-electron chi connectivity index (χ4n) is 1.04. The van der Waals surface area contributed by atoms with Crippen molar-refractivity contribution in [3.63, 3.8) is 0 Å². The van der Waals surface area contributed by atoms with Crippen LogP contribution in [0.15, 0.2) is 24.7 Å². The minimum absolute atomic E-state index is 0.00970. The number of ether oxygens (including phenoxy) is 2. The highest BCUT2D eigenvalue weighted by atomic mass is 16.5. The first-order chi connectivity index (χ1) is 9.13. The number of nitrogens with one attached hydrogen (secondary N) is 2. The molecule has 2 N–H and O–H groups in total. The summed E-state index contributed by atoms with van der Waals surface area (Å²) in [7, 11) is 1.20. The second-order valence-corrected chi connectivity index (χ2v) is 3.25. The fourth-order valence-corrected chi connectivity index (χ4v) is 1.04. The number of carbonyl (C=O) groups is 3. The van der Waals surface area contributed by atoms with Gasteiger partial charge >= 0.3 is 11.9 Å². The average Bonchev–Trinajstić information content (AvgIpc) is 2.94. The third-order valence-corrected chi connectivity index (χ3v) is 1.93. The van der Waals surface area contributed by atoms with Gasteiger partial charge < -0.3 is 19.8 Å². The maximum absolute atomic E-state index is 11.4. The molecule has 0 aliphatic carbocycles. The summed E-state index contributed by atoms with van der Waals surface area (Å²) < 4.78 is 9.03. The standard InChI is InChI=1S/C11H13N3O5/c1-18-9(15)2-3-10(16)19-5-4-13-11(17)8-6-12-7-14-8/h2-3,6-7H,4-5H2,1H3,(H,12,14)(H,13,17)/b3-2+. The van der Waals surface area contributed by atoms with E-state index in [0.29, 0.717) is 5.69 Å². The molecule has 102 valence electrons. The molecule has 1 heterocycles. The van der Waals surface area contributed by atoms with Crippen LogP contribution >= 0.6 is 0 Å². The third kappa shape index (κ3) is 5.48. The summed E-state index contributed by atoms with van der Waals surface area (Å²) in [5.74, 6) is -1.69. The highest BCUT2D eigenvalue weighted by Gasteiger charge is 2.05. The Morgan fingerprint density at radius 1 is 1.37 bits per heavy atom. The number of amides is 1. The normalized spacial score (nSPS) is 10.2. The van der Waals surface area contributed by atoms with Gasteiger partial charge in [-0.3, -0.25) is 4.79 Å². The number of aromatic nitrogens is 2. The number of esters is 2. The Labute approximate surface area is 108 Å². The van der Waals surface area contributed by atoms with Gasteiger partial charge in [0.15, 0.2) is 0 Å². The summed E-state index contributed by atoms with van der Waals surface area (Å²) in [6.07, 6.45) is 4.65. The lowest BCUT2D eigenvalue weighted by Crippen LogP contribution is -2.28. The van der Waals surface area contributed by atoms with Gasteiger partial charge in [-0.05, 0) is 0 Å². The van der Waals surface area contributed by atoms with E-state index in [1.54, 1.807) is 0 Å². The highest BCUT2D eigenvalue weighted by Crippen LogP contribution is 1.89. The summed E-state index contributed by atoms with van der Waals surface area (Å²) in [5, 5.41) is 2.51. The number of aromatic amines is 1. The highest BCUT2D eigenvalue weighted by molar-refractivity contribution is 5.92. The van der Waals surface area contributed by atoms with Crippen LogP contribution in [0.5, 0.6) is 0 Å². The number of hydrogen-bond donors (Lipinski definition) is 2. The van der Waals surface area contributed by atoms with Gasteiger partial charge in [0.2, 0.25) is 0 Å². The Bertz CT molecular complexity index is 467. The van der Waals surface area contributed by atoms with Crippen molar-refractivity contribution >= 4 is 17.8 Å². The number of rotatable bonds is 6. The number of carbonyl (C=O) groups excluding carboxylic acids is 3. The summed E-state index contributed by atoms with van der Waals surface area (Å²) in [6.45, 7) is 0.139. The smallest absolute Gasteiger partial charge is 0.331 e. The Morgan fingerprint density at radius 3 is 2.74 bits per heavy atom. The van der Waals surface area contributed by atoms with Crippen LogP contribution in [0.3, 0.4) is 0 Å². The van der Waals surface area contributed by atoms with E-state index in [1.165, 1.54) is 19.6 Å². The number of nitrogens with zero attached hydrogens (tertiary/aromatic N) is 1. The molecule has 0 unspecified atom stereocenters. The zero-order valence-electron chi connectivity index (χ0n) is 10.2. The second-order valence-electron chi connectivity index (χ2n) is 3.25. The van der Waals surface area contributed by atoms with Crippen LogP contribution in [-0.2, 0) is 19.1 Å². The predicted octanol–water partition coefficient (Wildman–Crippen LogP) is -0.588. The van der Waals surface area contributed by atoms with Crippen molar-refractivity contribution in [2.24, 2.45) is 0 Å². The van der Waals surface area contributed by atoms with Crippen LogP contribution in [0.1, 0.15) is 10.5 Å². The Balaban J connectivity index is 2.17. The first-order valence-electron chi connectivity index (χ1n) is 5.33. The van der Waals surface area contributed by atoms with E-state index < -0.39 is 11.9 Å². The van der Waals surface area contributed by atoms with E-state index >= 15 is 0 Å². The van der Waals surface area contributed by atoms with Crippen molar-refractivity contribution in [3.8, 4) is 0 Å². The van der Waals surface area contributed by atoms with E-state index in [0.717, 1.165) is 12.2 Å². The van der Waals surface area contributed by atoms with Crippen LogP contribution in [-0.4, -0.2) is 48.1 Å². The van der Waals surface area contributed by atoms with Crippen LogP contribution in [0.25, 0.3) is 0 Å². The van der Waals surface area contributed by atoms with Gasteiger partial charge in [-0.15, -0.1) is 0 Å². The summed E-state index contributed by atoms with van der Waals surface area (Å²) in [5.41, 5.74) is 0.317. The minimum Gasteiger partial charge on any atom is -0.466 e. The predicted molar refractivity (Wildman–Crippen MR) is 63.0 cm³/mol. The number of methoxy groups -OCH3 is 1. The van der Waals surface area contributed by atoms with Crippen molar-refractivity contribution in [3.05, 3.63) is 30.4 Å². The lowest BCUT2D eigenvalue weighted by atomic mass is 10.4. The lowest BCUT2D eigenvalue weighted by Gasteiger charge is -2.03. The molecule has 0 radical (unpaired) electrons. The van der Waals surface area contributed by atoms with Gasteiger partial charge in [-0.2, -0.15) is 0 Å². The average molecular weight is 267 g/mol. The minimum atomic E-state index is -0.693. The summed E-state index contributed by atoms with van der Waals surface area (Å²) in [6, 6.07) is 0. The van der Waals surface area contributed by atoms with E-state index in [2.05, 4.69) is 20.0 Å². The number of imidazole rings is 1. The van der Waals surface area contributed by atoms with E-state index in [4.69, 9.17) is 4.74 Å². The van der Waals surface area contributed by atoms with Gasteiger partial charge in [0.1, 0.15) is 12.3 Å². The van der Waals surface area contributed by atoms with Gasteiger partial charge in [-0.25, -0.2) is 14.6 Å². The van der Waals surface area contributed by atoms with Crippen molar-refractivity contribution < 1.29 is 23.9 Å². The number of hydrogen-bond acceptors (Lipinski definition) is 6. The molecular weight excluding hydrogens is 254 g/mol. The maximum Gasteiger partial charge on any atom is 0.331 e. The SMILES string of the molecule is COC(=O)/C=C/C(=O)OCCNC(=O)c1cnc[nH]1. The zero-order valence-corrected chi connectivity index (χ0v) is 10.2. The topological polar surface area (TPSA) is 110 Å². The fraction of sp³-hybridized carbons (Fsp3) is 0.273. The second kappa shape index (κ2) is 7.64. The molecule has 0 aromatic carbocycles. The molecule has 0 fully saturated rings. The molecule has 0 aliphatic rings. The van der Waals surface area contributed by atoms with Crippen molar-refractivity contribution in [2.45, 2.75) is 0 Å². The summed E-state index contributed by atoms with van der Waals surface area (Å²) in [4.78, 5) is 39.5. The van der Waals surface area contributed by atoms with E-state index in [1.807, 2.05) is 0 Å². The molecule has 0 atom stereocenters. The first-order valence-corrected chi connectivity index (χ1v) is 5.33. The largest absolute Gasteiger partial charge is 0.466 e. The van der Waals surface area contributed by atoms with Crippen molar-refractivity contribution in [2.75, 3.05) is 20.3 Å². The van der Waals surface area contributed by atoms with Crippen molar-refractivity contribution in [1.82, 2.24) is 15.3 Å². The monoisotopic (exact) mass is 267 g/mol. The van der Waals surface area contributed by atoms with Gasteiger partial charge in [0.05, 0.1) is 26.2 Å². The molecular formula is C11H13N3O5. The molecule has 1 aromatic rings. The molecule has 8 heteroatoms. The third-order valence-electron chi connectivity index (χ3n) is 1.93. The molecule has 1 amide bonds. The Morgan fingerprint density at radius 2 is 2.11 bits per heavy atom. The zero-order chi connectivity index (χ0) is 14.1. The molecule has 8 nitrogen and oxygen atoms in total. The van der Waals surface area contributed by atoms with Crippen LogP contribution in [0.4, 0.5) is 0 Å². The van der Waals surface area contributed by atoms with Gasteiger partial charge in [0, 0.05) is 12.2 Å². The van der Waals surface area contributed by atoms with Gasteiger partial charge in [0.25, 0.3) is 5.91 Å². The molecule has 0 saturated carbocycles. The van der Waals surface area contributed by atoms with E-state index in [9.17, 15) is 14.4 Å². The number of H-pyrrole nitrogens is 1. The first kappa shape index (κ1) is 14.4. The van der Waals surface area contributed by atoms with Crippen molar-refractivity contribution in [1.29, 1.82) is 0 Å². The molecule has 0 bridgehead atoms. The van der Waals surface area contributed by atoms with Crippen LogP contribution < -0.4 is 5.32 Å². The van der Waals surface area contributed by atoms with Gasteiger partial charge in [-0.1, -0.05) is 0 Å². The Kier molecular flexibility index (Phi) is 5.80. The molecule has 1 rings (SSSR count). The lowest BCUT2D eigenvalue weighted by molar-refractivity contribution is -0.139. The van der Waals surface area contributed by atoms with Crippen LogP contribution in [0.2, 0.25) is 0 Å². The maximum atomic E-state index is 11.4.